The zero-order valence-corrected chi connectivity index (χ0v) is 22.4. The van der Waals surface area contributed by atoms with Crippen LogP contribution < -0.4 is 11.5 Å². The van der Waals surface area contributed by atoms with Gasteiger partial charge in [-0.05, 0) is 30.3 Å². The van der Waals surface area contributed by atoms with Crippen LogP contribution in [-0.2, 0) is 31.3 Å². The van der Waals surface area contributed by atoms with Gasteiger partial charge in [-0.25, -0.2) is 13.2 Å². The first-order valence-corrected chi connectivity index (χ1v) is 14.2. The SMILES string of the molecule is COC(=O)c1ccccc1/N=N/c1cc(S(=O)(=O)O)c(N)c(/N=N/c2cc(S(=O)(=O)CCO)ccc2CO)c1N. The highest BCUT2D eigenvalue weighted by Gasteiger charge is 2.23. The van der Waals surface area contributed by atoms with E-state index in [1.54, 1.807) is 12.1 Å². The molecule has 0 unspecified atom stereocenters. The van der Waals surface area contributed by atoms with Crippen LogP contribution in [-0.4, -0.2) is 57.0 Å². The Labute approximate surface area is 228 Å². The lowest BCUT2D eigenvalue weighted by molar-refractivity contribution is 0.0601. The summed E-state index contributed by atoms with van der Waals surface area (Å²) in [5, 5.41) is 34.3. The van der Waals surface area contributed by atoms with E-state index >= 15 is 0 Å². The Kier molecular flexibility index (Phi) is 9.28. The predicted octanol–water partition coefficient (Wildman–Crippen LogP) is 2.97. The number of esters is 1. The molecule has 3 rings (SSSR count). The van der Waals surface area contributed by atoms with Crippen LogP contribution >= 0.6 is 0 Å². The van der Waals surface area contributed by atoms with Gasteiger partial charge in [-0.2, -0.15) is 8.42 Å². The molecule has 0 fully saturated rings. The van der Waals surface area contributed by atoms with E-state index in [9.17, 15) is 31.3 Å². The second-order valence-corrected chi connectivity index (χ2v) is 11.4. The molecule has 0 bridgehead atoms. The number of azo groups is 2. The van der Waals surface area contributed by atoms with E-state index in [1.165, 1.54) is 31.4 Å². The van der Waals surface area contributed by atoms with Gasteiger partial charge in [-0.3, -0.25) is 4.55 Å². The third-order valence-electron chi connectivity index (χ3n) is 5.38. The van der Waals surface area contributed by atoms with Crippen molar-refractivity contribution in [2.24, 2.45) is 20.5 Å². The zero-order chi connectivity index (χ0) is 29.7. The molecule has 0 aromatic heterocycles. The van der Waals surface area contributed by atoms with Crippen LogP contribution in [0.15, 0.2) is 78.8 Å². The molecule has 0 spiro atoms. The Balaban J connectivity index is 2.19. The Morgan fingerprint density at radius 1 is 0.875 bits per heavy atom. The third-order valence-corrected chi connectivity index (χ3v) is 7.96. The second kappa shape index (κ2) is 12.3. The molecule has 15 nitrogen and oxygen atoms in total. The van der Waals surface area contributed by atoms with Gasteiger partial charge >= 0.3 is 5.97 Å². The maximum Gasteiger partial charge on any atom is 0.340 e. The summed E-state index contributed by atoms with van der Waals surface area (Å²) in [6.07, 6.45) is 0. The van der Waals surface area contributed by atoms with Crippen LogP contribution in [0.5, 0.6) is 0 Å². The van der Waals surface area contributed by atoms with Crippen molar-refractivity contribution < 1.29 is 41.1 Å². The Morgan fingerprint density at radius 3 is 2.15 bits per heavy atom. The molecule has 0 saturated heterocycles. The number of aliphatic hydroxyl groups is 2. The number of anilines is 2. The first-order valence-electron chi connectivity index (χ1n) is 11.1. The van der Waals surface area contributed by atoms with Gasteiger partial charge in [0.2, 0.25) is 0 Å². The number of ether oxygens (including phenoxy) is 1. The van der Waals surface area contributed by atoms with Crippen LogP contribution in [0.25, 0.3) is 0 Å². The first-order chi connectivity index (χ1) is 18.8. The maximum absolute atomic E-state index is 12.4. The topological polar surface area (TPSA) is 257 Å². The fourth-order valence-corrected chi connectivity index (χ4v) is 5.00. The molecule has 0 saturated carbocycles. The summed E-state index contributed by atoms with van der Waals surface area (Å²) >= 11 is 0. The van der Waals surface area contributed by atoms with Gasteiger partial charge in [0.15, 0.2) is 9.84 Å². The number of aliphatic hydroxyl groups excluding tert-OH is 2. The van der Waals surface area contributed by atoms with E-state index in [1.807, 2.05) is 0 Å². The second-order valence-electron chi connectivity index (χ2n) is 7.94. The van der Waals surface area contributed by atoms with Crippen molar-refractivity contribution >= 4 is 60.0 Å². The molecule has 3 aromatic carbocycles. The number of sulfone groups is 1. The Hall–Kier alpha value is -4.29. The standard InChI is InChI=1S/C23H24N6O9S2/c1-38-23(32)15-4-2-3-5-16(15)26-28-18-11-19(40(35,36)37)21(25)22(20(18)24)29-27-17-10-14(7-6-13(17)12-31)39(33,34)9-8-30/h2-7,10-11,30-31H,8-9,12,24-25H2,1H3,(H,35,36,37)/b28-26+,29-27+. The number of hydrogen-bond acceptors (Lipinski definition) is 14. The van der Waals surface area contributed by atoms with Gasteiger partial charge < -0.3 is 26.4 Å². The number of hydrogen-bond donors (Lipinski definition) is 5. The zero-order valence-electron chi connectivity index (χ0n) is 20.8. The van der Waals surface area contributed by atoms with E-state index in [0.29, 0.717) is 0 Å². The number of carbonyl (C=O) groups excluding carboxylic acids is 1. The molecular weight excluding hydrogens is 568 g/mol. The fraction of sp³-hybridized carbons (Fsp3) is 0.174. The minimum absolute atomic E-state index is 0.0465. The molecule has 0 heterocycles. The molecule has 7 N–H and O–H groups in total. The number of nitrogens with zero attached hydrogens (tertiary/aromatic N) is 4. The lowest BCUT2D eigenvalue weighted by Gasteiger charge is -2.11. The van der Waals surface area contributed by atoms with Gasteiger partial charge in [-0.1, -0.05) is 18.2 Å². The van der Waals surface area contributed by atoms with Gasteiger partial charge in [0, 0.05) is 5.56 Å². The summed E-state index contributed by atoms with van der Waals surface area (Å²) in [5.74, 6) is -1.28. The normalized spacial score (nSPS) is 12.3. The molecule has 0 aliphatic rings. The summed E-state index contributed by atoms with van der Waals surface area (Å²) in [6, 6.07) is 10.4. The highest BCUT2D eigenvalue weighted by Crippen LogP contribution is 2.43. The molecular formula is C23H24N6O9S2. The largest absolute Gasteiger partial charge is 0.465 e. The van der Waals surface area contributed by atoms with E-state index in [2.05, 4.69) is 20.5 Å². The lowest BCUT2D eigenvalue weighted by atomic mass is 10.2. The molecule has 0 aliphatic heterocycles. The summed E-state index contributed by atoms with van der Waals surface area (Å²) < 4.78 is 63.2. The van der Waals surface area contributed by atoms with Gasteiger partial charge in [0.25, 0.3) is 10.1 Å². The quantitative estimate of drug-likeness (QED) is 0.0989. The highest BCUT2D eigenvalue weighted by molar-refractivity contribution is 7.91. The average molecular weight is 593 g/mol. The number of methoxy groups -OCH3 is 1. The molecule has 17 heteroatoms. The first kappa shape index (κ1) is 30.3. The predicted molar refractivity (Wildman–Crippen MR) is 143 cm³/mol. The molecule has 0 aliphatic carbocycles. The van der Waals surface area contributed by atoms with Crippen LogP contribution in [0.1, 0.15) is 15.9 Å². The van der Waals surface area contributed by atoms with Crippen molar-refractivity contribution in [1.82, 2.24) is 0 Å². The monoisotopic (exact) mass is 592 g/mol. The van der Waals surface area contributed by atoms with E-state index in [-0.39, 0.29) is 38.8 Å². The number of carbonyl (C=O) groups is 1. The van der Waals surface area contributed by atoms with Crippen LogP contribution in [0.2, 0.25) is 0 Å². The Bertz CT molecular complexity index is 1720. The van der Waals surface area contributed by atoms with Gasteiger partial charge in [0.1, 0.15) is 22.0 Å². The highest BCUT2D eigenvalue weighted by atomic mass is 32.2. The fourth-order valence-electron chi connectivity index (χ4n) is 3.32. The van der Waals surface area contributed by atoms with E-state index in [0.717, 1.165) is 12.1 Å². The van der Waals surface area contributed by atoms with E-state index < -0.39 is 61.2 Å². The smallest absolute Gasteiger partial charge is 0.340 e. The third kappa shape index (κ3) is 6.64. The van der Waals surface area contributed by atoms with Gasteiger partial charge in [-0.15, -0.1) is 20.5 Å². The van der Waals surface area contributed by atoms with Crippen molar-refractivity contribution in [1.29, 1.82) is 0 Å². The summed E-state index contributed by atoms with van der Waals surface area (Å²) in [4.78, 5) is 11.0. The van der Waals surface area contributed by atoms with Gasteiger partial charge in [0.05, 0.1) is 53.6 Å². The number of rotatable bonds is 10. The number of nitrogens with two attached hydrogens (primary N) is 2. The molecule has 3 aromatic rings. The van der Waals surface area contributed by atoms with Crippen molar-refractivity contribution in [3.05, 3.63) is 59.7 Å². The number of nitrogen functional groups attached to an aromatic ring is 2. The van der Waals surface area contributed by atoms with Crippen molar-refractivity contribution in [3.63, 3.8) is 0 Å². The average Bonchev–Trinajstić information content (AvgIpc) is 2.91. The van der Waals surface area contributed by atoms with E-state index in [4.69, 9.17) is 21.3 Å². The number of benzene rings is 3. The van der Waals surface area contributed by atoms with Crippen molar-refractivity contribution in [3.8, 4) is 0 Å². The lowest BCUT2D eigenvalue weighted by Crippen LogP contribution is -2.10. The minimum atomic E-state index is -4.93. The maximum atomic E-state index is 12.4. The molecule has 0 atom stereocenters. The van der Waals surface area contributed by atoms with Crippen LogP contribution in [0.3, 0.4) is 0 Å². The minimum Gasteiger partial charge on any atom is -0.465 e. The van der Waals surface area contributed by atoms with Crippen molar-refractivity contribution in [2.45, 2.75) is 16.4 Å². The van der Waals surface area contributed by atoms with Crippen LogP contribution in [0, 0.1) is 0 Å². The summed E-state index contributed by atoms with van der Waals surface area (Å²) in [6.45, 7) is -1.19. The molecule has 212 valence electrons. The summed E-state index contributed by atoms with van der Waals surface area (Å²) in [7, 11) is -7.65. The molecule has 0 amide bonds. The van der Waals surface area contributed by atoms with Crippen LogP contribution in [0.4, 0.5) is 34.1 Å². The molecule has 40 heavy (non-hydrogen) atoms. The Morgan fingerprint density at radius 2 is 1.52 bits per heavy atom. The molecule has 0 radical (unpaired) electrons. The summed E-state index contributed by atoms with van der Waals surface area (Å²) in [5.41, 5.74) is 10.4. The van der Waals surface area contributed by atoms with Crippen molar-refractivity contribution in [2.75, 3.05) is 30.9 Å².